The van der Waals surface area contributed by atoms with Crippen LogP contribution in [0.4, 0.5) is 0 Å². The predicted octanol–water partition coefficient (Wildman–Crippen LogP) is 22.2. The fourth-order valence-electron chi connectivity index (χ4n) is 17.1. The lowest BCUT2D eigenvalue weighted by Crippen LogP contribution is -2.66. The third kappa shape index (κ3) is 59.3. The normalized spacial score (nSPS) is 20.5. The zero-order valence-electron chi connectivity index (χ0n) is 76.7. The van der Waals surface area contributed by atoms with Crippen LogP contribution in [0.15, 0.2) is 0 Å². The molecule has 2 aliphatic rings. The Morgan fingerprint density at radius 2 is 0.697 bits per heavy atom. The monoisotopic (exact) mass is 1710 g/mol. The topological polar surface area (TPSA) is 330 Å². The third-order valence-electron chi connectivity index (χ3n) is 24.4. The molecule has 0 aromatic carbocycles. The van der Waals surface area contributed by atoms with Gasteiger partial charge in [0.05, 0.1) is 68.8 Å². The van der Waals surface area contributed by atoms with E-state index >= 15 is 9.59 Å². The number of nitrogens with one attached hydrogen (secondary N) is 2. The summed E-state index contributed by atoms with van der Waals surface area (Å²) in [6.07, 6.45) is 44.9. The number of phosphoric acid groups is 1. The summed E-state index contributed by atoms with van der Waals surface area (Å²) in [6, 6.07) is -2.71. The van der Waals surface area contributed by atoms with Gasteiger partial charge in [-0.2, -0.15) is 0 Å². The highest BCUT2D eigenvalue weighted by Crippen LogP contribution is 2.45. The van der Waals surface area contributed by atoms with Crippen molar-refractivity contribution in [1.82, 2.24) is 10.6 Å². The highest BCUT2D eigenvalue weighted by atomic mass is 31.2. The van der Waals surface area contributed by atoms with Gasteiger partial charge in [0.25, 0.3) is 0 Å². The number of amides is 2. The van der Waals surface area contributed by atoms with E-state index in [-0.39, 0.29) is 32.1 Å². The summed E-state index contributed by atoms with van der Waals surface area (Å²) in [4.78, 5) is 107. The molecule has 1 saturated carbocycles. The molecule has 2 rings (SSSR count). The number of phosphoric ester groups is 1. The Kier molecular flexibility index (Phi) is 70.3. The second-order valence-electron chi connectivity index (χ2n) is 35.8. The smallest absolute Gasteiger partial charge is 0.462 e. The van der Waals surface area contributed by atoms with E-state index in [1.54, 1.807) is 6.92 Å². The lowest BCUT2D eigenvalue weighted by Gasteiger charge is -2.47. The van der Waals surface area contributed by atoms with Gasteiger partial charge in [0.15, 0.2) is 12.2 Å². The molecule has 0 radical (unpaired) electrons. The summed E-state index contributed by atoms with van der Waals surface area (Å²) in [5, 5.41) is 52.2. The molecule has 0 aromatic heterocycles. The first kappa shape index (κ1) is 112. The number of unbranched alkanes of at least 4 members (excludes halogenated alkanes) is 50. The zero-order chi connectivity index (χ0) is 87.2. The van der Waals surface area contributed by atoms with Crippen LogP contribution in [0.1, 0.15) is 479 Å². The van der Waals surface area contributed by atoms with Crippen molar-refractivity contribution in [3.63, 3.8) is 0 Å². The van der Waals surface area contributed by atoms with Gasteiger partial charge in [-0.3, -0.25) is 33.3 Å². The van der Waals surface area contributed by atoms with E-state index in [4.69, 9.17) is 32.9 Å². The highest BCUT2D eigenvalue weighted by molar-refractivity contribution is 7.46. The first-order chi connectivity index (χ1) is 57.6. The molecule has 0 bridgehead atoms. The maximum absolute atomic E-state index is 15.2. The molecule has 1 aliphatic heterocycles. The highest BCUT2D eigenvalue weighted by Gasteiger charge is 2.53. The number of aliphatic hydroxyl groups excluding tert-OH is 4. The first-order valence-corrected chi connectivity index (χ1v) is 51.2. The summed E-state index contributed by atoms with van der Waals surface area (Å²) in [5.74, 6) is -5.20. The number of rotatable bonds is 82. The Hall–Kier alpha value is -3.31. The summed E-state index contributed by atoms with van der Waals surface area (Å²) in [6.45, 7) is 13.5. The number of hydrogen-bond acceptors (Lipinski definition) is 18. The van der Waals surface area contributed by atoms with E-state index in [2.05, 4.69) is 52.2 Å². The minimum absolute atomic E-state index is 0.143. The Labute approximate surface area is 724 Å². The van der Waals surface area contributed by atoms with Gasteiger partial charge in [-0.05, 0) is 64.7 Å². The first-order valence-electron chi connectivity index (χ1n) is 49.7. The Morgan fingerprint density at radius 1 is 0.387 bits per heavy atom. The van der Waals surface area contributed by atoms with Crippen molar-refractivity contribution in [2.75, 3.05) is 13.2 Å². The van der Waals surface area contributed by atoms with Gasteiger partial charge < -0.3 is 69.3 Å². The molecule has 119 heavy (non-hydrogen) atoms. The van der Waals surface area contributed by atoms with Gasteiger partial charge in [-0.15, -0.1) is 0 Å². The third-order valence-corrected chi connectivity index (χ3v) is 25.0. The van der Waals surface area contributed by atoms with Gasteiger partial charge in [0.2, 0.25) is 11.8 Å². The van der Waals surface area contributed by atoms with E-state index in [1.165, 1.54) is 141 Å². The summed E-state index contributed by atoms with van der Waals surface area (Å²) in [7, 11) is -5.51. The molecule has 0 spiro atoms. The van der Waals surface area contributed by atoms with Crippen LogP contribution < -0.4 is 10.6 Å². The van der Waals surface area contributed by atoms with Crippen LogP contribution in [0.5, 0.6) is 0 Å². The zero-order valence-corrected chi connectivity index (χ0v) is 77.6. The van der Waals surface area contributed by atoms with E-state index in [1.807, 2.05) is 0 Å². The van der Waals surface area contributed by atoms with Gasteiger partial charge >= 0.3 is 31.7 Å². The number of aliphatic hydroxyl groups is 4. The molecule has 1 heterocycles. The lowest BCUT2D eigenvalue weighted by molar-refractivity contribution is -0.221. The predicted molar refractivity (Wildman–Crippen MR) is 476 cm³/mol. The van der Waals surface area contributed by atoms with Crippen LogP contribution in [-0.2, 0) is 66.3 Å². The summed E-state index contributed by atoms with van der Waals surface area (Å²) < 4.78 is 57.0. The number of carbonyl (C=O) groups is 6. The molecule has 5 unspecified atom stereocenters. The molecule has 23 heteroatoms. The van der Waals surface area contributed by atoms with Gasteiger partial charge in [-0.1, -0.05) is 375 Å². The van der Waals surface area contributed by atoms with Gasteiger partial charge in [-0.25, -0.2) is 4.57 Å². The van der Waals surface area contributed by atoms with Crippen LogP contribution in [0.3, 0.4) is 0 Å². The van der Waals surface area contributed by atoms with Crippen LogP contribution in [0.2, 0.25) is 0 Å². The van der Waals surface area contributed by atoms with Crippen molar-refractivity contribution >= 4 is 43.5 Å². The van der Waals surface area contributed by atoms with E-state index in [0.717, 1.165) is 186 Å². The van der Waals surface area contributed by atoms with Crippen LogP contribution >= 0.6 is 7.82 Å². The molecule has 22 nitrogen and oxygen atoms in total. The number of esters is 4. The van der Waals surface area contributed by atoms with Crippen molar-refractivity contribution < 1.29 is 96.5 Å². The number of carbonyl (C=O) groups excluding carboxylic acids is 6. The molecule has 8 N–H and O–H groups in total. The van der Waals surface area contributed by atoms with Crippen LogP contribution in [-0.4, -0.2) is 158 Å². The number of hydrogen-bond donors (Lipinski definition) is 8. The second kappa shape index (κ2) is 74.9. The molecule has 1 aliphatic carbocycles. The summed E-state index contributed by atoms with van der Waals surface area (Å²) in [5.41, 5.74) is 0. The fraction of sp³-hybridized carbons (Fsp3) is 0.938. The Morgan fingerprint density at radius 3 is 1.07 bits per heavy atom. The van der Waals surface area contributed by atoms with Gasteiger partial charge in [0.1, 0.15) is 30.5 Å². The Balaban J connectivity index is 2.73. The molecule has 0 aromatic rings. The fourth-order valence-corrected chi connectivity index (χ4v) is 17.7. The molecular formula is C96H181N2O20P. The molecular weight excluding hydrogens is 1530 g/mol. The summed E-state index contributed by atoms with van der Waals surface area (Å²) >= 11 is 0. The van der Waals surface area contributed by atoms with Crippen LogP contribution in [0, 0.1) is 5.92 Å². The number of ether oxygens (including phenoxy) is 6. The van der Waals surface area contributed by atoms with E-state index < -0.39 is 155 Å². The average molecular weight is 1710 g/mol. The van der Waals surface area contributed by atoms with Crippen molar-refractivity contribution in [2.45, 2.75) is 558 Å². The minimum Gasteiger partial charge on any atom is -0.462 e. The molecule has 14 atom stereocenters. The van der Waals surface area contributed by atoms with E-state index in [0.29, 0.717) is 57.8 Å². The van der Waals surface area contributed by atoms with Crippen molar-refractivity contribution in [2.24, 2.45) is 5.92 Å². The molecule has 2 fully saturated rings. The SMILES string of the molecule is CCCCCCCCCCCCCC(=O)O[C@H](CCCCCCCCCCC)CC(=O)O[C@@H]1C(NC(=O)C[C@@H](CCCCCCCCCCC)OC(=O)CCCCCCCCCCC)[C@H](OCC2OC(C)C(NC(=O)C[C@H](O)CCCCCCCCCCC)[C@@H](OC(=O)C[C@H](O)CCCCCCCCCCC)[C@@H]2O)CC(CO)[C@H]1OP(=O)(O)O. The molecule has 700 valence electrons. The Bertz CT molecular complexity index is 2510. The maximum Gasteiger partial charge on any atom is 0.469 e. The lowest BCUT2D eigenvalue weighted by atomic mass is 9.79. The maximum atomic E-state index is 15.2. The van der Waals surface area contributed by atoms with E-state index in [9.17, 15) is 54.0 Å². The minimum atomic E-state index is -5.51. The van der Waals surface area contributed by atoms with Gasteiger partial charge in [0, 0.05) is 25.4 Å². The quantitative estimate of drug-likeness (QED) is 0.0121. The van der Waals surface area contributed by atoms with Crippen molar-refractivity contribution in [3.8, 4) is 0 Å². The standard InChI is InChI=1S/C96H181N2O20P/c1-8-14-20-26-32-38-39-45-51-57-63-69-88(105)115-82(67-61-55-49-43-36-30-24-18-12-5)74-90(107)117-96-92(98-86(103)73-81(66-60-54-48-42-35-29-23-17-11-4)114-87(104)68-62-56-50-44-37-31-25-19-13-6)83(70-78(75-99)94(96)118-119(109,110)111)112-76-84-93(108)95(116-89(106)72-80(101)65-59-53-47-41-34-28-22-16-10-3)91(77(7)113-84)97-85(102)71-79(100)64-58-52-46-40-33-27-21-15-9-2/h77-84,91-96,99-101,108H,8-76H2,1-7H3,(H,97,102)(H,98,103)(H2,109,110,111)/t77?,78?,79-,80-,81-,82-,83-,84?,91?,92?,93-,94-,95-,96-/m1/s1. The molecule has 1 saturated heterocycles. The second-order valence-corrected chi connectivity index (χ2v) is 36.9. The molecule has 2 amide bonds. The van der Waals surface area contributed by atoms with Crippen LogP contribution in [0.25, 0.3) is 0 Å². The largest absolute Gasteiger partial charge is 0.469 e. The average Bonchev–Trinajstić information content (AvgIpc) is 0.784. The van der Waals surface area contributed by atoms with Crippen molar-refractivity contribution in [1.29, 1.82) is 0 Å². The van der Waals surface area contributed by atoms with Crippen molar-refractivity contribution in [3.05, 3.63) is 0 Å².